The van der Waals surface area contributed by atoms with E-state index in [9.17, 15) is 24.5 Å². The zero-order chi connectivity index (χ0) is 26.5. The van der Waals surface area contributed by atoms with E-state index >= 15 is 0 Å². The van der Waals surface area contributed by atoms with Gasteiger partial charge in [-0.05, 0) is 41.5 Å². The van der Waals surface area contributed by atoms with Gasteiger partial charge in [-0.2, -0.15) is 0 Å². The SMILES string of the molecule is COC(=O)c1ccc(COc2ccc(/C=C3/NC(=O)N(Cc4ccc([N+](=O)[O-])cc4)C3=O)cc2OC)o1. The molecule has 0 bridgehead atoms. The van der Waals surface area contributed by atoms with Crippen molar-refractivity contribution in [2.24, 2.45) is 0 Å². The normalized spacial score (nSPS) is 14.0. The predicted octanol–water partition coefficient (Wildman–Crippen LogP) is 3.65. The Morgan fingerprint density at radius 2 is 1.84 bits per heavy atom. The van der Waals surface area contributed by atoms with Crippen molar-refractivity contribution < 1.29 is 37.9 Å². The van der Waals surface area contributed by atoms with Crippen LogP contribution in [0.4, 0.5) is 10.5 Å². The third kappa shape index (κ3) is 5.59. The number of benzene rings is 2. The molecule has 0 saturated carbocycles. The number of nitrogens with zero attached hydrogens (tertiary/aromatic N) is 2. The first-order valence-electron chi connectivity index (χ1n) is 10.8. The number of carbonyl (C=O) groups is 3. The first kappa shape index (κ1) is 25.0. The number of rotatable bonds is 9. The van der Waals surface area contributed by atoms with Crippen molar-refractivity contribution in [2.45, 2.75) is 13.2 Å². The van der Waals surface area contributed by atoms with Gasteiger partial charge in [0.05, 0.1) is 25.7 Å². The Morgan fingerprint density at radius 1 is 1.08 bits per heavy atom. The number of imide groups is 1. The van der Waals surface area contributed by atoms with Crippen LogP contribution in [-0.2, 0) is 22.7 Å². The molecule has 12 heteroatoms. The lowest BCUT2D eigenvalue weighted by atomic mass is 10.1. The summed E-state index contributed by atoms with van der Waals surface area (Å²) in [4.78, 5) is 48.0. The number of carbonyl (C=O) groups excluding carboxylic acids is 3. The van der Waals surface area contributed by atoms with Gasteiger partial charge < -0.3 is 23.9 Å². The maximum Gasteiger partial charge on any atom is 0.373 e. The largest absolute Gasteiger partial charge is 0.493 e. The number of nitro groups is 1. The second-order valence-electron chi connectivity index (χ2n) is 7.76. The zero-order valence-electron chi connectivity index (χ0n) is 19.8. The van der Waals surface area contributed by atoms with Crippen LogP contribution in [0, 0.1) is 10.1 Å². The van der Waals surface area contributed by atoms with E-state index in [2.05, 4.69) is 10.1 Å². The van der Waals surface area contributed by atoms with Crippen LogP contribution in [0.2, 0.25) is 0 Å². The third-order valence-electron chi connectivity index (χ3n) is 5.37. The molecule has 3 aromatic rings. The highest BCUT2D eigenvalue weighted by Crippen LogP contribution is 2.30. The van der Waals surface area contributed by atoms with Crippen molar-refractivity contribution in [1.29, 1.82) is 0 Å². The fourth-order valence-electron chi connectivity index (χ4n) is 3.50. The number of nitro benzene ring substituents is 1. The lowest BCUT2D eigenvalue weighted by Crippen LogP contribution is -2.30. The molecule has 1 fully saturated rings. The fraction of sp³-hybridized carbons (Fsp3) is 0.160. The summed E-state index contributed by atoms with van der Waals surface area (Å²) < 4.78 is 21.1. The van der Waals surface area contributed by atoms with Gasteiger partial charge in [0.25, 0.3) is 11.6 Å². The summed E-state index contributed by atoms with van der Waals surface area (Å²) in [5.74, 6) is 0.0841. The van der Waals surface area contributed by atoms with Gasteiger partial charge in [0.2, 0.25) is 5.76 Å². The van der Waals surface area contributed by atoms with Crippen molar-refractivity contribution in [2.75, 3.05) is 14.2 Å². The molecule has 0 atom stereocenters. The van der Waals surface area contributed by atoms with Crippen LogP contribution < -0.4 is 14.8 Å². The van der Waals surface area contributed by atoms with E-state index in [-0.39, 0.29) is 30.3 Å². The molecular formula is C25H21N3O9. The van der Waals surface area contributed by atoms with Gasteiger partial charge in [0, 0.05) is 12.1 Å². The average molecular weight is 507 g/mol. The Hall–Kier alpha value is -5.13. The Bertz CT molecular complexity index is 1390. The van der Waals surface area contributed by atoms with Crippen LogP contribution in [0.1, 0.15) is 27.4 Å². The Balaban J connectivity index is 1.44. The smallest absolute Gasteiger partial charge is 0.373 e. The van der Waals surface area contributed by atoms with Gasteiger partial charge in [-0.25, -0.2) is 9.59 Å². The summed E-state index contributed by atoms with van der Waals surface area (Å²) in [5.41, 5.74) is 1.11. The van der Waals surface area contributed by atoms with E-state index in [1.165, 1.54) is 50.6 Å². The molecule has 190 valence electrons. The molecular weight excluding hydrogens is 486 g/mol. The number of hydrogen-bond acceptors (Lipinski definition) is 9. The molecule has 12 nitrogen and oxygen atoms in total. The van der Waals surface area contributed by atoms with Crippen LogP contribution in [0.3, 0.4) is 0 Å². The summed E-state index contributed by atoms with van der Waals surface area (Å²) in [6.07, 6.45) is 1.50. The Kier molecular flexibility index (Phi) is 7.19. The van der Waals surface area contributed by atoms with Crippen molar-refractivity contribution in [1.82, 2.24) is 10.2 Å². The van der Waals surface area contributed by atoms with Crippen LogP contribution >= 0.6 is 0 Å². The topological polar surface area (TPSA) is 150 Å². The van der Waals surface area contributed by atoms with Crippen molar-refractivity contribution in [3.05, 3.63) is 93.1 Å². The average Bonchev–Trinajstić information content (AvgIpc) is 3.48. The number of hydrogen-bond donors (Lipinski definition) is 1. The maximum absolute atomic E-state index is 12.8. The minimum atomic E-state index is -0.605. The second kappa shape index (κ2) is 10.6. The Morgan fingerprint density at radius 3 is 2.51 bits per heavy atom. The summed E-state index contributed by atoms with van der Waals surface area (Å²) in [5, 5.41) is 13.3. The monoisotopic (exact) mass is 507 g/mol. The molecule has 3 amide bonds. The summed E-state index contributed by atoms with van der Waals surface area (Å²) in [6.45, 7) is -0.0134. The van der Waals surface area contributed by atoms with E-state index < -0.39 is 22.8 Å². The number of nitrogens with one attached hydrogen (secondary N) is 1. The maximum atomic E-state index is 12.8. The van der Waals surface area contributed by atoms with Crippen LogP contribution in [-0.4, -0.2) is 42.0 Å². The first-order valence-corrected chi connectivity index (χ1v) is 10.8. The van der Waals surface area contributed by atoms with Crippen LogP contribution in [0.25, 0.3) is 6.08 Å². The molecule has 1 aliphatic rings. The van der Waals surface area contributed by atoms with Gasteiger partial charge in [0.15, 0.2) is 11.5 Å². The van der Waals surface area contributed by atoms with Crippen molar-refractivity contribution in [3.8, 4) is 11.5 Å². The van der Waals surface area contributed by atoms with Gasteiger partial charge in [-0.3, -0.25) is 19.8 Å². The number of non-ortho nitro benzene ring substituents is 1. The molecule has 0 spiro atoms. The van der Waals surface area contributed by atoms with Crippen LogP contribution in [0.15, 0.2) is 64.7 Å². The molecule has 4 rings (SSSR count). The summed E-state index contributed by atoms with van der Waals surface area (Å²) in [7, 11) is 2.71. The molecule has 0 aliphatic carbocycles. The fourth-order valence-corrected chi connectivity index (χ4v) is 3.50. The predicted molar refractivity (Wildman–Crippen MR) is 128 cm³/mol. The Labute approximate surface area is 210 Å². The third-order valence-corrected chi connectivity index (χ3v) is 5.37. The van der Waals surface area contributed by atoms with Gasteiger partial charge >= 0.3 is 12.0 Å². The lowest BCUT2D eigenvalue weighted by molar-refractivity contribution is -0.384. The van der Waals surface area contributed by atoms with Gasteiger partial charge in [-0.1, -0.05) is 18.2 Å². The van der Waals surface area contributed by atoms with Gasteiger partial charge in [-0.15, -0.1) is 0 Å². The number of furan rings is 1. The highest BCUT2D eigenvalue weighted by Gasteiger charge is 2.33. The van der Waals surface area contributed by atoms with E-state index in [4.69, 9.17) is 13.9 Å². The quantitative estimate of drug-likeness (QED) is 0.150. The lowest BCUT2D eigenvalue weighted by Gasteiger charge is -2.11. The molecule has 1 aliphatic heterocycles. The molecule has 0 radical (unpaired) electrons. The number of esters is 1. The number of methoxy groups -OCH3 is 2. The molecule has 37 heavy (non-hydrogen) atoms. The molecule has 0 unspecified atom stereocenters. The molecule has 1 aromatic heterocycles. The van der Waals surface area contributed by atoms with Gasteiger partial charge in [0.1, 0.15) is 18.1 Å². The standard InChI is InChI=1S/C25H21N3O9/c1-34-22-12-16(5-9-20(22)36-14-18-8-10-21(37-18)24(30)35-2)11-19-23(29)27(25(31)26-19)13-15-3-6-17(7-4-15)28(32)33/h3-12H,13-14H2,1-2H3,(H,26,31)/b19-11+. The van der Waals surface area contributed by atoms with Crippen molar-refractivity contribution >= 4 is 29.7 Å². The first-order chi connectivity index (χ1) is 17.8. The summed E-state index contributed by atoms with van der Waals surface area (Å²) in [6, 6.07) is 13.0. The number of ether oxygens (including phenoxy) is 3. The van der Waals surface area contributed by atoms with Crippen molar-refractivity contribution in [3.63, 3.8) is 0 Å². The van der Waals surface area contributed by atoms with Crippen LogP contribution in [0.5, 0.6) is 11.5 Å². The minimum absolute atomic E-state index is 0.0277. The zero-order valence-corrected chi connectivity index (χ0v) is 19.8. The highest BCUT2D eigenvalue weighted by molar-refractivity contribution is 6.13. The van der Waals surface area contributed by atoms with E-state index in [1.54, 1.807) is 24.3 Å². The molecule has 1 saturated heterocycles. The number of urea groups is 1. The number of amides is 3. The second-order valence-corrected chi connectivity index (χ2v) is 7.76. The molecule has 2 heterocycles. The molecule has 2 aromatic carbocycles. The minimum Gasteiger partial charge on any atom is -0.493 e. The molecule has 1 N–H and O–H groups in total. The van der Waals surface area contributed by atoms with E-state index in [0.29, 0.717) is 28.4 Å². The summed E-state index contributed by atoms with van der Waals surface area (Å²) >= 11 is 0. The van der Waals surface area contributed by atoms with E-state index in [0.717, 1.165) is 4.90 Å². The van der Waals surface area contributed by atoms with E-state index in [1.807, 2.05) is 0 Å². The highest BCUT2D eigenvalue weighted by atomic mass is 16.6.